The molecule has 0 atom stereocenters. The molecule has 0 aromatic carbocycles. The van der Waals surface area contributed by atoms with E-state index in [4.69, 9.17) is 0 Å². The molecule has 0 bridgehead atoms. The Balaban J connectivity index is 0. The molecule has 0 spiro atoms. The summed E-state index contributed by atoms with van der Waals surface area (Å²) < 4.78 is 1.18. The molecule has 168 valence electrons. The molecule has 0 fully saturated rings. The minimum Gasteiger partial charge on any atom is -1.00 e. The van der Waals surface area contributed by atoms with Gasteiger partial charge in [0, 0.05) is 12.8 Å². The zero-order valence-electron chi connectivity index (χ0n) is 20.3. The molecule has 0 heterocycles. The highest BCUT2D eigenvalue weighted by atomic mass is 35.5. The van der Waals surface area contributed by atoms with Crippen LogP contribution in [0.15, 0.2) is 25.3 Å². The number of nitrogens with zero attached hydrogens (tertiary/aromatic N) is 1. The zero-order chi connectivity index (χ0) is 20.8. The predicted octanol–water partition coefficient (Wildman–Crippen LogP) is 5.46. The van der Waals surface area contributed by atoms with Crippen molar-refractivity contribution in [2.24, 2.45) is 0 Å². The molecule has 0 aromatic heterocycles. The zero-order valence-corrected chi connectivity index (χ0v) is 21.0. The Labute approximate surface area is 185 Å². The Morgan fingerprint density at radius 1 is 0.607 bits per heavy atom. The van der Waals surface area contributed by atoms with Gasteiger partial charge >= 0.3 is 0 Å². The lowest BCUT2D eigenvalue weighted by Crippen LogP contribution is -3.00. The second-order valence-corrected chi connectivity index (χ2v) is 8.69. The number of rotatable bonds is 18. The van der Waals surface area contributed by atoms with E-state index in [-0.39, 0.29) is 12.4 Å². The molecule has 0 amide bonds. The second-order valence-electron chi connectivity index (χ2n) is 8.69. The van der Waals surface area contributed by atoms with Gasteiger partial charge in [0.2, 0.25) is 0 Å². The number of unbranched alkanes of at least 4 members (excludes halogenated alkanes) is 4. The molecular formula is C26H52ClN. The highest BCUT2D eigenvalue weighted by molar-refractivity contribution is 4.94. The van der Waals surface area contributed by atoms with Crippen LogP contribution in [0.25, 0.3) is 0 Å². The van der Waals surface area contributed by atoms with Crippen molar-refractivity contribution in [3.05, 3.63) is 25.3 Å². The average molecular weight is 414 g/mol. The monoisotopic (exact) mass is 413 g/mol. The van der Waals surface area contributed by atoms with Crippen LogP contribution >= 0.6 is 0 Å². The molecule has 1 nitrogen and oxygen atoms in total. The van der Waals surface area contributed by atoms with Crippen LogP contribution < -0.4 is 12.4 Å². The lowest BCUT2D eigenvalue weighted by Gasteiger charge is -2.63. The molecular weight excluding hydrogens is 362 g/mol. The summed E-state index contributed by atoms with van der Waals surface area (Å²) >= 11 is 0. The van der Waals surface area contributed by atoms with Gasteiger partial charge in [-0.05, 0) is 50.7 Å². The van der Waals surface area contributed by atoms with Crippen molar-refractivity contribution in [1.82, 2.24) is 0 Å². The first kappa shape index (κ1) is 29.9. The van der Waals surface area contributed by atoms with Crippen LogP contribution in [0.5, 0.6) is 0 Å². The van der Waals surface area contributed by atoms with E-state index in [0.717, 1.165) is 13.1 Å². The Hall–Kier alpha value is -0.270. The Kier molecular flexibility index (Phi) is 16.6. The van der Waals surface area contributed by atoms with E-state index in [2.05, 4.69) is 66.9 Å². The third-order valence-electron chi connectivity index (χ3n) is 7.82. The van der Waals surface area contributed by atoms with Crippen LogP contribution in [0, 0.1) is 0 Å². The first-order valence-electron chi connectivity index (χ1n) is 12.1. The molecule has 0 saturated carbocycles. The van der Waals surface area contributed by atoms with E-state index in [1.165, 1.54) is 81.5 Å². The SMILES string of the molecule is C=CC[N+](CC=C)(C(CC)(CC)CCCCC)C(CC)(CC)CCCCC.[Cl-]. The largest absolute Gasteiger partial charge is 1.00 e. The van der Waals surface area contributed by atoms with Gasteiger partial charge in [0.05, 0.1) is 24.2 Å². The number of halogens is 1. The molecule has 0 unspecified atom stereocenters. The quantitative estimate of drug-likeness (QED) is 0.159. The molecule has 0 radical (unpaired) electrons. The van der Waals surface area contributed by atoms with E-state index in [9.17, 15) is 0 Å². The van der Waals surface area contributed by atoms with E-state index < -0.39 is 0 Å². The summed E-state index contributed by atoms with van der Waals surface area (Å²) in [4.78, 5) is 0. The highest BCUT2D eigenvalue weighted by Crippen LogP contribution is 2.48. The smallest absolute Gasteiger partial charge is 0.0996 e. The van der Waals surface area contributed by atoms with E-state index in [1.807, 2.05) is 0 Å². The standard InChI is InChI=1S/C26H52N.ClH/c1-9-17-19-21-25(13-5,14-6)27(23-11-3,24-12-4)26(15-7,16-8)22-20-18-10-2;/h11-12H,3-4,9-10,13-24H2,1-2,5-8H3;1H/q+1;/p-1. The van der Waals surface area contributed by atoms with E-state index >= 15 is 0 Å². The lowest BCUT2D eigenvalue weighted by atomic mass is 9.72. The molecule has 2 heteroatoms. The van der Waals surface area contributed by atoms with Gasteiger partial charge in [-0.1, -0.05) is 80.4 Å². The highest BCUT2D eigenvalue weighted by Gasteiger charge is 2.57. The summed E-state index contributed by atoms with van der Waals surface area (Å²) in [6.07, 6.45) is 20.1. The van der Waals surface area contributed by atoms with Crippen LogP contribution in [0.1, 0.15) is 119 Å². The van der Waals surface area contributed by atoms with Crippen molar-refractivity contribution in [2.45, 2.75) is 130 Å². The fourth-order valence-electron chi connectivity index (χ4n) is 6.05. The first-order valence-corrected chi connectivity index (χ1v) is 12.1. The molecule has 0 aliphatic rings. The van der Waals surface area contributed by atoms with Gasteiger partial charge < -0.3 is 16.9 Å². The lowest BCUT2D eigenvalue weighted by molar-refractivity contribution is -1.01. The van der Waals surface area contributed by atoms with Crippen LogP contribution in [0.3, 0.4) is 0 Å². The van der Waals surface area contributed by atoms with Crippen molar-refractivity contribution < 1.29 is 16.9 Å². The average Bonchev–Trinajstić information content (AvgIpc) is 2.69. The van der Waals surface area contributed by atoms with Crippen molar-refractivity contribution in [3.63, 3.8) is 0 Å². The van der Waals surface area contributed by atoms with Crippen molar-refractivity contribution in [1.29, 1.82) is 0 Å². The molecule has 0 N–H and O–H groups in total. The molecule has 0 aliphatic carbocycles. The third-order valence-corrected chi connectivity index (χ3v) is 7.82. The van der Waals surface area contributed by atoms with Crippen LogP contribution in [-0.2, 0) is 0 Å². The van der Waals surface area contributed by atoms with E-state index in [0.29, 0.717) is 11.1 Å². The number of hydrogen-bond donors (Lipinski definition) is 0. The Morgan fingerprint density at radius 3 is 1.14 bits per heavy atom. The summed E-state index contributed by atoms with van der Waals surface area (Å²) in [6, 6.07) is 0. The number of hydrogen-bond acceptors (Lipinski definition) is 0. The van der Waals surface area contributed by atoms with Crippen molar-refractivity contribution in [2.75, 3.05) is 13.1 Å². The predicted molar refractivity (Wildman–Crippen MR) is 125 cm³/mol. The Bertz CT molecular complexity index is 355. The van der Waals surface area contributed by atoms with Gasteiger partial charge in [0.15, 0.2) is 0 Å². The molecule has 0 rings (SSSR count). The third kappa shape index (κ3) is 6.36. The summed E-state index contributed by atoms with van der Waals surface area (Å²) in [5.74, 6) is 0. The van der Waals surface area contributed by atoms with Crippen LogP contribution in [0.4, 0.5) is 0 Å². The summed E-state index contributed by atoms with van der Waals surface area (Å²) in [5, 5.41) is 0. The van der Waals surface area contributed by atoms with Crippen LogP contribution in [0.2, 0.25) is 0 Å². The van der Waals surface area contributed by atoms with Gasteiger partial charge in [-0.2, -0.15) is 0 Å². The topological polar surface area (TPSA) is 0 Å². The van der Waals surface area contributed by atoms with Crippen molar-refractivity contribution in [3.8, 4) is 0 Å². The summed E-state index contributed by atoms with van der Waals surface area (Å²) in [6.45, 7) is 25.0. The van der Waals surface area contributed by atoms with E-state index in [1.54, 1.807) is 0 Å². The summed E-state index contributed by atoms with van der Waals surface area (Å²) in [7, 11) is 0. The van der Waals surface area contributed by atoms with Gasteiger partial charge in [0.25, 0.3) is 0 Å². The summed E-state index contributed by atoms with van der Waals surface area (Å²) in [5.41, 5.74) is 0.658. The molecule has 0 saturated heterocycles. The normalized spacial score (nSPS) is 12.5. The minimum absolute atomic E-state index is 0. The van der Waals surface area contributed by atoms with Crippen molar-refractivity contribution >= 4 is 0 Å². The second kappa shape index (κ2) is 15.6. The number of quaternary nitrogens is 1. The van der Waals surface area contributed by atoms with Gasteiger partial charge in [-0.3, -0.25) is 0 Å². The van der Waals surface area contributed by atoms with Crippen LogP contribution in [-0.4, -0.2) is 28.7 Å². The van der Waals surface area contributed by atoms with Gasteiger partial charge in [-0.25, -0.2) is 0 Å². The molecule has 0 aliphatic heterocycles. The molecule has 28 heavy (non-hydrogen) atoms. The maximum Gasteiger partial charge on any atom is 0.0996 e. The molecule has 0 aromatic rings. The van der Waals surface area contributed by atoms with Gasteiger partial charge in [-0.15, -0.1) is 0 Å². The first-order chi connectivity index (χ1) is 13.0. The Morgan fingerprint density at radius 2 is 0.929 bits per heavy atom. The maximum absolute atomic E-state index is 4.23. The fraction of sp³-hybridized carbons (Fsp3) is 0.846. The minimum atomic E-state index is 0. The maximum atomic E-state index is 4.23. The van der Waals surface area contributed by atoms with Gasteiger partial charge in [0.1, 0.15) is 0 Å². The fourth-order valence-corrected chi connectivity index (χ4v) is 6.05.